The van der Waals surface area contributed by atoms with E-state index in [1.165, 1.54) is 12.1 Å². The number of halogens is 4. The van der Waals surface area contributed by atoms with Gasteiger partial charge in [0, 0.05) is 5.39 Å². The second kappa shape index (κ2) is 3.94. The second-order valence-corrected chi connectivity index (χ2v) is 3.84. The zero-order valence-corrected chi connectivity index (χ0v) is 8.81. The lowest BCUT2D eigenvalue weighted by Crippen LogP contribution is -2.11. The van der Waals surface area contributed by atoms with Gasteiger partial charge in [-0.1, -0.05) is 23.7 Å². The van der Waals surface area contributed by atoms with Gasteiger partial charge < -0.3 is 0 Å². The van der Waals surface area contributed by atoms with Crippen molar-refractivity contribution in [3.63, 3.8) is 0 Å². The molecule has 2 rings (SSSR count). The Balaban J connectivity index is 2.43. The summed E-state index contributed by atoms with van der Waals surface area (Å²) in [6, 6.07) is 7.80. The average molecular weight is 246 g/mol. The lowest BCUT2D eigenvalue weighted by atomic mass is 10.1. The normalized spacial score (nSPS) is 12.0. The van der Waals surface area contributed by atoms with E-state index in [0.717, 1.165) is 5.39 Å². The SMILES string of the molecule is FC(F)(F)Cc1ccc2ccc(Cl)nc2c1. The van der Waals surface area contributed by atoms with Gasteiger partial charge >= 0.3 is 6.18 Å². The Labute approximate surface area is 94.9 Å². The molecule has 84 valence electrons. The molecule has 0 aliphatic carbocycles. The quantitative estimate of drug-likeness (QED) is 0.692. The molecule has 0 aliphatic rings. The Morgan fingerprint density at radius 3 is 2.50 bits per heavy atom. The number of nitrogens with zero attached hydrogens (tertiary/aromatic N) is 1. The Kier molecular flexibility index (Phi) is 2.76. The van der Waals surface area contributed by atoms with Crippen molar-refractivity contribution in [1.29, 1.82) is 0 Å². The van der Waals surface area contributed by atoms with E-state index < -0.39 is 12.6 Å². The molecule has 16 heavy (non-hydrogen) atoms. The minimum atomic E-state index is -4.20. The summed E-state index contributed by atoms with van der Waals surface area (Å²) >= 11 is 5.67. The molecule has 0 fully saturated rings. The van der Waals surface area contributed by atoms with E-state index in [2.05, 4.69) is 4.98 Å². The Morgan fingerprint density at radius 1 is 1.12 bits per heavy atom. The third kappa shape index (κ3) is 2.64. The number of fused-ring (bicyclic) bond motifs is 1. The first-order valence-corrected chi connectivity index (χ1v) is 4.94. The standard InChI is InChI=1S/C11H7ClF3N/c12-10-4-3-8-2-1-7(5-9(8)16-10)6-11(13,14)15/h1-5H,6H2. The fourth-order valence-corrected chi connectivity index (χ4v) is 1.63. The molecule has 5 heteroatoms. The number of benzene rings is 1. The van der Waals surface area contributed by atoms with Gasteiger partial charge in [0.2, 0.25) is 0 Å². The van der Waals surface area contributed by atoms with Crippen molar-refractivity contribution < 1.29 is 13.2 Å². The molecule has 0 amide bonds. The highest BCUT2D eigenvalue weighted by atomic mass is 35.5. The molecule has 0 saturated carbocycles. The molecular weight excluding hydrogens is 239 g/mol. The first kappa shape index (κ1) is 11.2. The molecule has 0 bridgehead atoms. The van der Waals surface area contributed by atoms with Gasteiger partial charge in [-0.25, -0.2) is 4.98 Å². The zero-order valence-electron chi connectivity index (χ0n) is 8.05. The van der Waals surface area contributed by atoms with Gasteiger partial charge in [0.25, 0.3) is 0 Å². The predicted molar refractivity (Wildman–Crippen MR) is 56.5 cm³/mol. The van der Waals surface area contributed by atoms with Crippen LogP contribution in [0.25, 0.3) is 10.9 Å². The van der Waals surface area contributed by atoms with Crippen molar-refractivity contribution in [2.75, 3.05) is 0 Å². The zero-order chi connectivity index (χ0) is 11.8. The monoisotopic (exact) mass is 245 g/mol. The molecule has 0 atom stereocenters. The molecule has 0 saturated heterocycles. The van der Waals surface area contributed by atoms with E-state index in [1.54, 1.807) is 18.2 Å². The largest absolute Gasteiger partial charge is 0.393 e. The van der Waals surface area contributed by atoms with Crippen LogP contribution in [0.3, 0.4) is 0 Å². The van der Waals surface area contributed by atoms with Crippen LogP contribution in [-0.4, -0.2) is 11.2 Å². The van der Waals surface area contributed by atoms with Crippen LogP contribution in [0.4, 0.5) is 13.2 Å². The van der Waals surface area contributed by atoms with Crippen LogP contribution >= 0.6 is 11.6 Å². The highest BCUT2D eigenvalue weighted by Crippen LogP contribution is 2.24. The van der Waals surface area contributed by atoms with Crippen molar-refractivity contribution in [2.45, 2.75) is 12.6 Å². The van der Waals surface area contributed by atoms with Crippen molar-refractivity contribution >= 4 is 22.5 Å². The highest BCUT2D eigenvalue weighted by molar-refractivity contribution is 6.29. The minimum absolute atomic E-state index is 0.190. The molecule has 0 unspecified atom stereocenters. The summed E-state index contributed by atoms with van der Waals surface area (Å²) in [6.07, 6.45) is -5.15. The summed E-state index contributed by atoms with van der Waals surface area (Å²) in [5.74, 6) is 0. The maximum Gasteiger partial charge on any atom is 0.393 e. The summed E-state index contributed by atoms with van der Waals surface area (Å²) in [5.41, 5.74) is 0.670. The van der Waals surface area contributed by atoms with Crippen molar-refractivity contribution in [1.82, 2.24) is 4.98 Å². The van der Waals surface area contributed by atoms with Gasteiger partial charge in [-0.3, -0.25) is 0 Å². The van der Waals surface area contributed by atoms with E-state index in [4.69, 9.17) is 11.6 Å². The van der Waals surface area contributed by atoms with Crippen LogP contribution in [0.15, 0.2) is 30.3 Å². The third-order valence-electron chi connectivity index (χ3n) is 2.13. The maximum atomic E-state index is 12.2. The van der Waals surface area contributed by atoms with Crippen LogP contribution in [0.1, 0.15) is 5.56 Å². The summed E-state index contributed by atoms with van der Waals surface area (Å²) < 4.78 is 36.5. The fraction of sp³-hybridized carbons (Fsp3) is 0.182. The summed E-state index contributed by atoms with van der Waals surface area (Å²) in [6.45, 7) is 0. The van der Waals surface area contributed by atoms with E-state index in [0.29, 0.717) is 5.52 Å². The van der Waals surface area contributed by atoms with Gasteiger partial charge in [0.15, 0.2) is 0 Å². The molecule has 0 N–H and O–H groups in total. The number of hydrogen-bond acceptors (Lipinski definition) is 1. The molecular formula is C11H7ClF3N. The van der Waals surface area contributed by atoms with Gasteiger partial charge in [0.1, 0.15) is 5.15 Å². The number of aromatic nitrogens is 1. The topological polar surface area (TPSA) is 12.9 Å². The molecule has 1 heterocycles. The summed E-state index contributed by atoms with van der Waals surface area (Å²) in [4.78, 5) is 3.96. The van der Waals surface area contributed by atoms with Gasteiger partial charge in [-0.15, -0.1) is 0 Å². The maximum absolute atomic E-state index is 12.2. The highest BCUT2D eigenvalue weighted by Gasteiger charge is 2.27. The Bertz CT molecular complexity index is 522. The molecule has 1 aromatic carbocycles. The van der Waals surface area contributed by atoms with Crippen molar-refractivity contribution in [3.8, 4) is 0 Å². The fourth-order valence-electron chi connectivity index (χ4n) is 1.48. The van der Waals surface area contributed by atoms with Crippen LogP contribution in [-0.2, 0) is 6.42 Å². The molecule has 1 nitrogen and oxygen atoms in total. The van der Waals surface area contributed by atoms with Crippen LogP contribution in [0.5, 0.6) is 0 Å². The van der Waals surface area contributed by atoms with Gasteiger partial charge in [0.05, 0.1) is 11.9 Å². The minimum Gasteiger partial charge on any atom is -0.236 e. The second-order valence-electron chi connectivity index (χ2n) is 3.45. The van der Waals surface area contributed by atoms with E-state index in [9.17, 15) is 13.2 Å². The molecule has 1 aromatic heterocycles. The van der Waals surface area contributed by atoms with Crippen molar-refractivity contribution in [3.05, 3.63) is 41.0 Å². The third-order valence-corrected chi connectivity index (χ3v) is 2.34. The summed E-state index contributed by atoms with van der Waals surface area (Å²) in [5, 5.41) is 1.05. The smallest absolute Gasteiger partial charge is 0.236 e. The lowest BCUT2D eigenvalue weighted by Gasteiger charge is -2.07. The van der Waals surface area contributed by atoms with Gasteiger partial charge in [-0.05, 0) is 23.8 Å². The van der Waals surface area contributed by atoms with Crippen LogP contribution < -0.4 is 0 Å². The first-order chi connectivity index (χ1) is 7.44. The molecule has 0 aliphatic heterocycles. The van der Waals surface area contributed by atoms with Gasteiger partial charge in [-0.2, -0.15) is 13.2 Å². The van der Waals surface area contributed by atoms with E-state index in [1.807, 2.05) is 0 Å². The van der Waals surface area contributed by atoms with E-state index in [-0.39, 0.29) is 10.7 Å². The number of hydrogen-bond donors (Lipinski definition) is 0. The number of pyridine rings is 1. The first-order valence-electron chi connectivity index (χ1n) is 4.56. The predicted octanol–water partition coefficient (Wildman–Crippen LogP) is 3.99. The lowest BCUT2D eigenvalue weighted by molar-refractivity contribution is -0.127. The number of rotatable bonds is 1. The average Bonchev–Trinajstić information content (AvgIpc) is 2.14. The van der Waals surface area contributed by atoms with E-state index >= 15 is 0 Å². The Morgan fingerprint density at radius 2 is 1.81 bits per heavy atom. The van der Waals surface area contributed by atoms with Crippen LogP contribution in [0.2, 0.25) is 5.15 Å². The molecule has 0 radical (unpaired) electrons. The molecule has 0 spiro atoms. The van der Waals surface area contributed by atoms with Crippen molar-refractivity contribution in [2.24, 2.45) is 0 Å². The van der Waals surface area contributed by atoms with Crippen LogP contribution in [0, 0.1) is 0 Å². The Hall–Kier alpha value is -1.29. The number of alkyl halides is 3. The molecule has 2 aromatic rings. The summed E-state index contributed by atoms with van der Waals surface area (Å²) in [7, 11) is 0.